The van der Waals surface area contributed by atoms with Crippen molar-refractivity contribution in [1.82, 2.24) is 4.98 Å². The van der Waals surface area contributed by atoms with Gasteiger partial charge in [-0.25, -0.2) is 0 Å². The van der Waals surface area contributed by atoms with Crippen LogP contribution < -0.4 is 14.8 Å². The molecule has 0 unspecified atom stereocenters. The molecule has 0 amide bonds. The van der Waals surface area contributed by atoms with Crippen LogP contribution in [-0.4, -0.2) is 19.2 Å². The molecule has 5 heteroatoms. The lowest BCUT2D eigenvalue weighted by Gasteiger charge is -2.13. The number of fused-ring (bicyclic) bond motifs is 1. The van der Waals surface area contributed by atoms with Gasteiger partial charge < -0.3 is 14.8 Å². The van der Waals surface area contributed by atoms with E-state index in [1.807, 2.05) is 42.5 Å². The van der Waals surface area contributed by atoms with Gasteiger partial charge in [0, 0.05) is 33.9 Å². The Morgan fingerprint density at radius 1 is 0.955 bits per heavy atom. The molecule has 3 aromatic rings. The molecule has 0 saturated heterocycles. The standard InChI is InChI=1S/C17H16N2O2S/c1-20-16-9-13-14(19-11-3-5-12(22)6-4-11)7-8-18-15(13)10-17(16)21-2/h3-10,22H,1-2H3,(H,18,19). The fourth-order valence-corrected chi connectivity index (χ4v) is 2.43. The molecule has 0 saturated carbocycles. The summed E-state index contributed by atoms with van der Waals surface area (Å²) >= 11 is 4.30. The van der Waals surface area contributed by atoms with Gasteiger partial charge in [-0.2, -0.15) is 0 Å². The Morgan fingerprint density at radius 3 is 2.32 bits per heavy atom. The second-order valence-corrected chi connectivity index (χ2v) is 5.27. The van der Waals surface area contributed by atoms with Gasteiger partial charge in [0.05, 0.1) is 19.7 Å². The summed E-state index contributed by atoms with van der Waals surface area (Å²) in [6.45, 7) is 0. The van der Waals surface area contributed by atoms with E-state index in [1.54, 1.807) is 20.4 Å². The van der Waals surface area contributed by atoms with Crippen molar-refractivity contribution in [3.05, 3.63) is 48.7 Å². The van der Waals surface area contributed by atoms with Crippen LogP contribution in [0.4, 0.5) is 11.4 Å². The number of ether oxygens (including phenoxy) is 2. The quantitative estimate of drug-likeness (QED) is 0.706. The Bertz CT molecular complexity index is 804. The van der Waals surface area contributed by atoms with Crippen LogP contribution in [0.15, 0.2) is 53.6 Å². The van der Waals surface area contributed by atoms with E-state index in [9.17, 15) is 0 Å². The number of hydrogen-bond donors (Lipinski definition) is 2. The summed E-state index contributed by atoms with van der Waals surface area (Å²) in [5.74, 6) is 1.34. The Balaban J connectivity index is 2.07. The van der Waals surface area contributed by atoms with E-state index in [0.717, 1.165) is 27.2 Å². The number of pyridine rings is 1. The van der Waals surface area contributed by atoms with Crippen molar-refractivity contribution < 1.29 is 9.47 Å². The van der Waals surface area contributed by atoms with E-state index in [2.05, 4.69) is 22.9 Å². The predicted molar refractivity (Wildman–Crippen MR) is 91.8 cm³/mol. The molecule has 1 heterocycles. The maximum Gasteiger partial charge on any atom is 0.162 e. The SMILES string of the molecule is COc1cc2nccc(Nc3ccc(S)cc3)c2cc1OC. The number of hydrogen-bond acceptors (Lipinski definition) is 5. The number of benzene rings is 2. The first-order valence-corrected chi connectivity index (χ1v) is 7.23. The maximum absolute atomic E-state index is 5.37. The highest BCUT2D eigenvalue weighted by molar-refractivity contribution is 7.80. The Hall–Kier alpha value is -2.40. The number of nitrogens with zero attached hydrogens (tertiary/aromatic N) is 1. The molecule has 0 fully saturated rings. The van der Waals surface area contributed by atoms with E-state index in [0.29, 0.717) is 11.5 Å². The normalized spacial score (nSPS) is 10.5. The third-order valence-electron chi connectivity index (χ3n) is 3.39. The summed E-state index contributed by atoms with van der Waals surface area (Å²) in [5, 5.41) is 4.36. The predicted octanol–water partition coefficient (Wildman–Crippen LogP) is 4.28. The molecule has 22 heavy (non-hydrogen) atoms. The van der Waals surface area contributed by atoms with Crippen LogP contribution in [-0.2, 0) is 0 Å². The number of aromatic nitrogens is 1. The van der Waals surface area contributed by atoms with Crippen LogP contribution in [0.25, 0.3) is 10.9 Å². The topological polar surface area (TPSA) is 43.4 Å². The van der Waals surface area contributed by atoms with Gasteiger partial charge in [0.15, 0.2) is 11.5 Å². The number of thiol groups is 1. The van der Waals surface area contributed by atoms with E-state index in [4.69, 9.17) is 9.47 Å². The third kappa shape index (κ3) is 2.80. The largest absolute Gasteiger partial charge is 0.493 e. The lowest BCUT2D eigenvalue weighted by Crippen LogP contribution is -1.95. The molecule has 112 valence electrons. The van der Waals surface area contributed by atoms with Crippen LogP contribution in [0, 0.1) is 0 Å². The second-order valence-electron chi connectivity index (χ2n) is 4.75. The summed E-state index contributed by atoms with van der Waals surface area (Å²) in [7, 11) is 3.24. The minimum absolute atomic E-state index is 0.666. The fourth-order valence-electron chi connectivity index (χ4n) is 2.28. The maximum atomic E-state index is 5.37. The Labute approximate surface area is 134 Å². The molecule has 0 spiro atoms. The highest BCUT2D eigenvalue weighted by atomic mass is 32.1. The summed E-state index contributed by atoms with van der Waals surface area (Å²) in [4.78, 5) is 5.32. The van der Waals surface area contributed by atoms with Crippen molar-refractivity contribution in [1.29, 1.82) is 0 Å². The molecule has 0 aliphatic heterocycles. The lowest BCUT2D eigenvalue weighted by molar-refractivity contribution is 0.356. The van der Waals surface area contributed by atoms with Crippen molar-refractivity contribution in [3.8, 4) is 11.5 Å². The molecule has 3 rings (SSSR count). The summed E-state index contributed by atoms with van der Waals surface area (Å²) in [6, 6.07) is 13.6. The summed E-state index contributed by atoms with van der Waals surface area (Å²) < 4.78 is 10.7. The van der Waals surface area contributed by atoms with Crippen LogP contribution in [0.2, 0.25) is 0 Å². The Kier molecular flexibility index (Phi) is 4.06. The fraction of sp³-hybridized carbons (Fsp3) is 0.118. The minimum atomic E-state index is 0.666. The van der Waals surface area contributed by atoms with E-state index >= 15 is 0 Å². The van der Waals surface area contributed by atoms with Gasteiger partial charge in [0.1, 0.15) is 0 Å². The van der Waals surface area contributed by atoms with Crippen LogP contribution in [0.3, 0.4) is 0 Å². The molecule has 0 radical (unpaired) electrons. The number of methoxy groups -OCH3 is 2. The molecule has 2 aromatic carbocycles. The highest BCUT2D eigenvalue weighted by Crippen LogP contribution is 2.35. The molecule has 0 aliphatic carbocycles. The average Bonchev–Trinajstić information content (AvgIpc) is 2.56. The van der Waals surface area contributed by atoms with Crippen LogP contribution in [0.1, 0.15) is 0 Å². The second kappa shape index (κ2) is 6.15. The van der Waals surface area contributed by atoms with Crippen molar-refractivity contribution in [2.75, 3.05) is 19.5 Å². The summed E-state index contributed by atoms with van der Waals surface area (Å²) in [5.41, 5.74) is 2.78. The number of anilines is 2. The van der Waals surface area contributed by atoms with Gasteiger partial charge in [-0.1, -0.05) is 0 Å². The number of nitrogens with one attached hydrogen (secondary N) is 1. The molecule has 4 nitrogen and oxygen atoms in total. The van der Waals surface area contributed by atoms with E-state index in [1.165, 1.54) is 0 Å². The van der Waals surface area contributed by atoms with Gasteiger partial charge in [0.2, 0.25) is 0 Å². The Morgan fingerprint density at radius 2 is 1.64 bits per heavy atom. The van der Waals surface area contributed by atoms with E-state index in [-0.39, 0.29) is 0 Å². The molecule has 0 aliphatic rings. The lowest BCUT2D eigenvalue weighted by atomic mass is 10.1. The minimum Gasteiger partial charge on any atom is -0.493 e. The van der Waals surface area contributed by atoms with Gasteiger partial charge >= 0.3 is 0 Å². The smallest absolute Gasteiger partial charge is 0.162 e. The van der Waals surface area contributed by atoms with Crippen molar-refractivity contribution in [3.63, 3.8) is 0 Å². The third-order valence-corrected chi connectivity index (χ3v) is 3.69. The van der Waals surface area contributed by atoms with Crippen molar-refractivity contribution in [2.45, 2.75) is 4.90 Å². The molecular weight excluding hydrogens is 296 g/mol. The van der Waals surface area contributed by atoms with Crippen molar-refractivity contribution in [2.24, 2.45) is 0 Å². The van der Waals surface area contributed by atoms with Gasteiger partial charge in [0.25, 0.3) is 0 Å². The molecule has 0 bridgehead atoms. The number of rotatable bonds is 4. The van der Waals surface area contributed by atoms with Gasteiger partial charge in [-0.3, -0.25) is 4.98 Å². The first-order chi connectivity index (χ1) is 10.7. The average molecular weight is 312 g/mol. The summed E-state index contributed by atoms with van der Waals surface area (Å²) in [6.07, 6.45) is 1.77. The monoisotopic (exact) mass is 312 g/mol. The molecule has 1 aromatic heterocycles. The first kappa shape index (κ1) is 14.5. The zero-order valence-electron chi connectivity index (χ0n) is 12.3. The van der Waals surface area contributed by atoms with Crippen molar-refractivity contribution >= 4 is 34.9 Å². The highest BCUT2D eigenvalue weighted by Gasteiger charge is 2.10. The van der Waals surface area contributed by atoms with Crippen LogP contribution >= 0.6 is 12.6 Å². The molecule has 1 N–H and O–H groups in total. The van der Waals surface area contributed by atoms with Crippen LogP contribution in [0.5, 0.6) is 11.5 Å². The van der Waals surface area contributed by atoms with E-state index < -0.39 is 0 Å². The molecule has 0 atom stereocenters. The zero-order valence-corrected chi connectivity index (χ0v) is 13.2. The zero-order chi connectivity index (χ0) is 15.5. The molecular formula is C17H16N2O2S. The van der Waals surface area contributed by atoms with Gasteiger partial charge in [-0.15, -0.1) is 12.6 Å². The van der Waals surface area contributed by atoms with Gasteiger partial charge in [-0.05, 0) is 36.4 Å². The first-order valence-electron chi connectivity index (χ1n) is 6.78.